The molecule has 1 aromatic rings. The molecule has 0 aliphatic heterocycles. The van der Waals surface area contributed by atoms with Crippen molar-refractivity contribution < 1.29 is 28.5 Å². The summed E-state index contributed by atoms with van der Waals surface area (Å²) in [5.41, 5.74) is 0.637. The molecule has 0 atom stereocenters. The van der Waals surface area contributed by atoms with Crippen LogP contribution in [-0.4, -0.2) is 53.9 Å². The average molecular weight is 289 g/mol. The number of amides is 1. The molecule has 7 heteroatoms. The van der Waals surface area contributed by atoms with Crippen LogP contribution in [0, 0.1) is 0 Å². The lowest BCUT2D eigenvalue weighted by Gasteiger charge is -2.20. The van der Waals surface area contributed by atoms with Crippen molar-refractivity contribution in [2.75, 3.05) is 26.3 Å². The first-order chi connectivity index (χ1) is 9.56. The molecule has 0 unspecified atom stereocenters. The predicted octanol–water partition coefficient (Wildman–Crippen LogP) is 0.644. The number of rotatable bonds is 8. The Morgan fingerprint density at radius 1 is 1.15 bits per heavy atom. The van der Waals surface area contributed by atoms with Gasteiger partial charge in [-0.2, -0.15) is 8.78 Å². The Morgan fingerprint density at radius 2 is 1.70 bits per heavy atom. The van der Waals surface area contributed by atoms with E-state index in [2.05, 4.69) is 4.74 Å². The second-order valence-corrected chi connectivity index (χ2v) is 4.03. The molecule has 0 heterocycles. The van der Waals surface area contributed by atoms with E-state index >= 15 is 0 Å². The molecule has 0 radical (unpaired) electrons. The Bertz CT molecular complexity index is 405. The molecule has 0 bridgehead atoms. The van der Waals surface area contributed by atoms with E-state index in [-0.39, 0.29) is 44.4 Å². The third kappa shape index (κ3) is 5.50. The van der Waals surface area contributed by atoms with Gasteiger partial charge in [0.15, 0.2) is 0 Å². The maximum atomic E-state index is 12.0. The molecule has 5 nitrogen and oxygen atoms in total. The second kappa shape index (κ2) is 8.44. The second-order valence-electron chi connectivity index (χ2n) is 4.03. The SMILES string of the molecule is O=C(Cc1ccc(OC(F)F)cc1)N(CCO)CCO. The molecule has 0 aliphatic rings. The zero-order chi connectivity index (χ0) is 15.0. The van der Waals surface area contributed by atoms with Gasteiger partial charge >= 0.3 is 6.61 Å². The Hall–Kier alpha value is -1.73. The Balaban J connectivity index is 2.60. The molecule has 0 aromatic heterocycles. The van der Waals surface area contributed by atoms with Gasteiger partial charge in [0.1, 0.15) is 5.75 Å². The van der Waals surface area contributed by atoms with Gasteiger partial charge in [-0.25, -0.2) is 0 Å². The minimum absolute atomic E-state index is 0.0266. The van der Waals surface area contributed by atoms with Crippen LogP contribution in [0.3, 0.4) is 0 Å². The van der Waals surface area contributed by atoms with E-state index in [1.807, 2.05) is 0 Å². The predicted molar refractivity (Wildman–Crippen MR) is 67.5 cm³/mol. The number of hydrogen-bond acceptors (Lipinski definition) is 4. The van der Waals surface area contributed by atoms with Crippen molar-refractivity contribution in [3.63, 3.8) is 0 Å². The fraction of sp³-hybridized carbons (Fsp3) is 0.462. The van der Waals surface area contributed by atoms with Crippen LogP contribution in [0.1, 0.15) is 5.56 Å². The van der Waals surface area contributed by atoms with Gasteiger partial charge < -0.3 is 19.8 Å². The van der Waals surface area contributed by atoms with Crippen molar-refractivity contribution in [2.24, 2.45) is 0 Å². The molecule has 2 N–H and O–H groups in total. The van der Waals surface area contributed by atoms with E-state index in [1.165, 1.54) is 29.2 Å². The first-order valence-electron chi connectivity index (χ1n) is 6.10. The molecule has 0 saturated carbocycles. The summed E-state index contributed by atoms with van der Waals surface area (Å²) in [5, 5.41) is 17.7. The maximum Gasteiger partial charge on any atom is 0.387 e. The smallest absolute Gasteiger partial charge is 0.387 e. The average Bonchev–Trinajstić information content (AvgIpc) is 2.40. The number of alkyl halides is 2. The number of halogens is 2. The zero-order valence-electron chi connectivity index (χ0n) is 10.8. The number of benzene rings is 1. The van der Waals surface area contributed by atoms with E-state index in [0.717, 1.165) is 0 Å². The number of carbonyl (C=O) groups is 1. The van der Waals surface area contributed by atoms with Crippen LogP contribution in [0.5, 0.6) is 5.75 Å². The van der Waals surface area contributed by atoms with E-state index in [9.17, 15) is 13.6 Å². The highest BCUT2D eigenvalue weighted by molar-refractivity contribution is 5.78. The highest BCUT2D eigenvalue weighted by Crippen LogP contribution is 2.15. The summed E-state index contributed by atoms with van der Waals surface area (Å²) < 4.78 is 28.2. The highest BCUT2D eigenvalue weighted by Gasteiger charge is 2.13. The molecule has 0 aliphatic carbocycles. The lowest BCUT2D eigenvalue weighted by Crippen LogP contribution is -2.36. The van der Waals surface area contributed by atoms with E-state index in [0.29, 0.717) is 5.56 Å². The molecule has 0 saturated heterocycles. The molecule has 1 aromatic carbocycles. The van der Waals surface area contributed by atoms with Gasteiger partial charge in [-0.05, 0) is 17.7 Å². The fourth-order valence-electron chi connectivity index (χ4n) is 1.68. The van der Waals surface area contributed by atoms with Crippen LogP contribution in [0.15, 0.2) is 24.3 Å². The number of ether oxygens (including phenoxy) is 1. The summed E-state index contributed by atoms with van der Waals surface area (Å²) in [6.45, 7) is -2.97. The first-order valence-corrected chi connectivity index (χ1v) is 6.10. The third-order valence-corrected chi connectivity index (χ3v) is 2.60. The molecule has 0 fully saturated rings. The van der Waals surface area contributed by atoms with Crippen molar-refractivity contribution in [1.82, 2.24) is 4.90 Å². The van der Waals surface area contributed by atoms with Crippen molar-refractivity contribution in [1.29, 1.82) is 0 Å². The minimum Gasteiger partial charge on any atom is -0.435 e. The standard InChI is InChI=1S/C13H17F2NO4/c14-13(15)20-11-3-1-10(2-4-11)9-12(19)16(5-7-17)6-8-18/h1-4,13,17-18H,5-9H2. The topological polar surface area (TPSA) is 70.0 Å². The van der Waals surface area contributed by atoms with Crippen molar-refractivity contribution in [2.45, 2.75) is 13.0 Å². The summed E-state index contributed by atoms with van der Waals surface area (Å²) in [7, 11) is 0. The van der Waals surface area contributed by atoms with Gasteiger partial charge in [-0.3, -0.25) is 4.79 Å². The normalized spacial score (nSPS) is 10.7. The Labute approximate surface area is 115 Å². The summed E-state index contributed by atoms with van der Waals surface area (Å²) in [5.74, 6) is -0.227. The third-order valence-electron chi connectivity index (χ3n) is 2.60. The first kappa shape index (κ1) is 16.3. The molecule has 1 rings (SSSR count). The van der Waals surface area contributed by atoms with Crippen molar-refractivity contribution >= 4 is 5.91 Å². The number of aliphatic hydroxyl groups is 2. The maximum absolute atomic E-state index is 12.0. The van der Waals surface area contributed by atoms with Crippen LogP contribution >= 0.6 is 0 Å². The molecule has 112 valence electrons. The van der Waals surface area contributed by atoms with Crippen molar-refractivity contribution in [3.8, 4) is 5.75 Å². The van der Waals surface area contributed by atoms with Crippen LogP contribution in [0.2, 0.25) is 0 Å². The monoisotopic (exact) mass is 289 g/mol. The zero-order valence-corrected chi connectivity index (χ0v) is 10.8. The number of carbonyl (C=O) groups excluding carboxylic acids is 1. The lowest BCUT2D eigenvalue weighted by molar-refractivity contribution is -0.131. The molecule has 0 spiro atoms. The largest absolute Gasteiger partial charge is 0.435 e. The van der Waals surface area contributed by atoms with Gasteiger partial charge in [-0.1, -0.05) is 12.1 Å². The molecular formula is C13H17F2NO4. The number of hydrogen-bond donors (Lipinski definition) is 2. The summed E-state index contributed by atoms with van der Waals surface area (Å²) in [6.07, 6.45) is 0.0644. The van der Waals surface area contributed by atoms with E-state index in [4.69, 9.17) is 10.2 Å². The number of aliphatic hydroxyl groups excluding tert-OH is 2. The van der Waals surface area contributed by atoms with Gasteiger partial charge in [0.2, 0.25) is 5.91 Å². The Morgan fingerprint density at radius 3 is 2.15 bits per heavy atom. The summed E-state index contributed by atoms with van der Waals surface area (Å²) in [4.78, 5) is 13.2. The summed E-state index contributed by atoms with van der Waals surface area (Å²) in [6, 6.07) is 5.76. The molecule has 20 heavy (non-hydrogen) atoms. The van der Waals surface area contributed by atoms with Gasteiger partial charge in [0.05, 0.1) is 19.6 Å². The number of nitrogens with zero attached hydrogens (tertiary/aromatic N) is 1. The van der Waals surface area contributed by atoms with Gasteiger partial charge in [-0.15, -0.1) is 0 Å². The summed E-state index contributed by atoms with van der Waals surface area (Å²) >= 11 is 0. The Kier molecular flexibility index (Phi) is 6.89. The van der Waals surface area contributed by atoms with E-state index in [1.54, 1.807) is 0 Å². The van der Waals surface area contributed by atoms with E-state index < -0.39 is 6.61 Å². The quantitative estimate of drug-likeness (QED) is 0.737. The minimum atomic E-state index is -2.88. The van der Waals surface area contributed by atoms with Crippen LogP contribution in [-0.2, 0) is 11.2 Å². The fourth-order valence-corrected chi connectivity index (χ4v) is 1.68. The van der Waals surface area contributed by atoms with Crippen LogP contribution in [0.4, 0.5) is 8.78 Å². The molecule has 1 amide bonds. The van der Waals surface area contributed by atoms with Gasteiger partial charge in [0.25, 0.3) is 0 Å². The van der Waals surface area contributed by atoms with Gasteiger partial charge in [0, 0.05) is 13.1 Å². The van der Waals surface area contributed by atoms with Crippen molar-refractivity contribution in [3.05, 3.63) is 29.8 Å². The lowest BCUT2D eigenvalue weighted by atomic mass is 10.1. The molecular weight excluding hydrogens is 272 g/mol. The van der Waals surface area contributed by atoms with Crippen LogP contribution in [0.25, 0.3) is 0 Å². The highest BCUT2D eigenvalue weighted by atomic mass is 19.3. The van der Waals surface area contributed by atoms with Crippen LogP contribution < -0.4 is 4.74 Å².